The molecule has 162 valence electrons. The van der Waals surface area contributed by atoms with Gasteiger partial charge in [-0.05, 0) is 11.1 Å². The molecule has 5 heteroatoms. The minimum Gasteiger partial charge on any atom is -0.475 e. The van der Waals surface area contributed by atoms with E-state index in [1.807, 2.05) is 72.8 Å². The van der Waals surface area contributed by atoms with Crippen molar-refractivity contribution in [2.75, 3.05) is 13.2 Å². The highest BCUT2D eigenvalue weighted by molar-refractivity contribution is 6.08. The molecule has 0 saturated carbocycles. The summed E-state index contributed by atoms with van der Waals surface area (Å²) in [6.45, 7) is 1.05. The van der Waals surface area contributed by atoms with Gasteiger partial charge in [0.2, 0.25) is 11.8 Å². The van der Waals surface area contributed by atoms with Crippen molar-refractivity contribution in [1.82, 2.24) is 0 Å². The highest BCUT2D eigenvalue weighted by Gasteiger charge is 2.21. The first-order valence-electron chi connectivity index (χ1n) is 11.1. The smallest absolute Gasteiger partial charge is 0.213 e. The van der Waals surface area contributed by atoms with Crippen LogP contribution in [-0.2, 0) is 9.47 Å². The molecule has 0 aliphatic carbocycles. The molecular weight excluding hydrogens is 412 g/mol. The number of fused-ring (bicyclic) bond motifs is 1. The Morgan fingerprint density at radius 3 is 1.45 bits per heavy atom. The van der Waals surface area contributed by atoms with Gasteiger partial charge in [-0.25, -0.2) is 9.98 Å². The molecule has 3 aromatic carbocycles. The fraction of sp³-hybridized carbons (Fsp3) is 0.143. The van der Waals surface area contributed by atoms with Gasteiger partial charge in [0.25, 0.3) is 0 Å². The van der Waals surface area contributed by atoms with E-state index in [0.29, 0.717) is 35.8 Å². The molecule has 0 amide bonds. The Bertz CT molecular complexity index is 1360. The van der Waals surface area contributed by atoms with Crippen LogP contribution in [0.3, 0.4) is 0 Å². The van der Waals surface area contributed by atoms with Crippen molar-refractivity contribution in [1.29, 1.82) is 0 Å². The molecule has 5 nitrogen and oxygen atoms in total. The Morgan fingerprint density at radius 2 is 1.00 bits per heavy atom. The number of hydrogen-bond acceptors (Lipinski definition) is 5. The molecule has 0 fully saturated rings. The largest absolute Gasteiger partial charge is 0.475 e. The zero-order valence-electron chi connectivity index (χ0n) is 17.9. The molecule has 1 aromatic heterocycles. The van der Waals surface area contributed by atoms with Crippen LogP contribution in [-0.4, -0.2) is 25.0 Å². The van der Waals surface area contributed by atoms with E-state index in [2.05, 4.69) is 24.3 Å². The van der Waals surface area contributed by atoms with Gasteiger partial charge in [0.15, 0.2) is 0 Å². The normalized spacial score (nSPS) is 21.1. The summed E-state index contributed by atoms with van der Waals surface area (Å²) in [5.74, 6) is 1.15. The molecule has 2 atom stereocenters. The van der Waals surface area contributed by atoms with E-state index < -0.39 is 0 Å². The van der Waals surface area contributed by atoms with Crippen LogP contribution in [0.2, 0.25) is 0 Å². The second-order valence-corrected chi connectivity index (χ2v) is 8.07. The predicted octanol–water partition coefficient (Wildman–Crippen LogP) is 4.33. The van der Waals surface area contributed by atoms with Gasteiger partial charge in [-0.1, -0.05) is 84.9 Å². The molecule has 0 spiro atoms. The van der Waals surface area contributed by atoms with Crippen LogP contribution in [0.25, 0.3) is 22.9 Å². The number of benzene rings is 3. The summed E-state index contributed by atoms with van der Waals surface area (Å²) >= 11 is 0. The zero-order chi connectivity index (χ0) is 22.0. The Labute approximate surface area is 191 Å². The summed E-state index contributed by atoms with van der Waals surface area (Å²) in [6, 6.07) is 28.4. The summed E-state index contributed by atoms with van der Waals surface area (Å²) in [4.78, 5) is 9.47. The predicted molar refractivity (Wildman–Crippen MR) is 130 cm³/mol. The molecule has 4 aromatic rings. The van der Waals surface area contributed by atoms with E-state index in [9.17, 15) is 0 Å². The third kappa shape index (κ3) is 3.94. The Hall–Kier alpha value is -4.12. The summed E-state index contributed by atoms with van der Waals surface area (Å²) in [5, 5.41) is 1.99. The topological polar surface area (TPSA) is 56.3 Å². The number of rotatable bonds is 4. The van der Waals surface area contributed by atoms with E-state index in [1.165, 1.54) is 0 Å². The third-order valence-electron chi connectivity index (χ3n) is 5.90. The van der Waals surface area contributed by atoms with Gasteiger partial charge in [0.1, 0.15) is 36.1 Å². The SMILES string of the molecule is C(C1=NC(c2ccccc2)CO1)=c1oc(=CC2=NC(c3ccccc3)CO2)c2ccccc12. The number of nitrogens with zero attached hydrogens (tertiary/aromatic N) is 2. The molecule has 3 heterocycles. The van der Waals surface area contributed by atoms with Gasteiger partial charge in [0, 0.05) is 22.9 Å². The Morgan fingerprint density at radius 1 is 0.576 bits per heavy atom. The number of ether oxygens (including phenoxy) is 2. The lowest BCUT2D eigenvalue weighted by Gasteiger charge is -2.03. The van der Waals surface area contributed by atoms with Crippen LogP contribution < -0.4 is 10.8 Å². The lowest BCUT2D eigenvalue weighted by Crippen LogP contribution is -2.07. The fourth-order valence-corrected chi connectivity index (χ4v) is 4.21. The number of hydrogen-bond donors (Lipinski definition) is 0. The molecule has 6 rings (SSSR count). The number of furan rings is 1. The summed E-state index contributed by atoms with van der Waals surface area (Å²) < 4.78 is 17.9. The highest BCUT2D eigenvalue weighted by atomic mass is 16.5. The fourth-order valence-electron chi connectivity index (χ4n) is 4.21. The first kappa shape index (κ1) is 19.6. The lowest BCUT2D eigenvalue weighted by atomic mass is 10.1. The van der Waals surface area contributed by atoms with E-state index in [0.717, 1.165) is 21.9 Å². The third-order valence-corrected chi connectivity index (χ3v) is 5.90. The molecule has 2 aliphatic heterocycles. The van der Waals surface area contributed by atoms with Gasteiger partial charge < -0.3 is 13.9 Å². The van der Waals surface area contributed by atoms with Crippen molar-refractivity contribution in [3.63, 3.8) is 0 Å². The van der Waals surface area contributed by atoms with Crippen LogP contribution in [0.15, 0.2) is 99.3 Å². The average Bonchev–Trinajstić information content (AvgIpc) is 3.61. The Balaban J connectivity index is 1.37. The van der Waals surface area contributed by atoms with Crippen molar-refractivity contribution >= 4 is 34.7 Å². The molecule has 0 N–H and O–H groups in total. The second-order valence-electron chi connectivity index (χ2n) is 8.07. The van der Waals surface area contributed by atoms with Crippen molar-refractivity contribution in [2.45, 2.75) is 12.1 Å². The van der Waals surface area contributed by atoms with E-state index in [1.54, 1.807) is 0 Å². The molecular formula is C28H22N2O3. The second kappa shape index (κ2) is 8.43. The van der Waals surface area contributed by atoms with Crippen molar-refractivity contribution in [2.24, 2.45) is 9.98 Å². The van der Waals surface area contributed by atoms with Crippen LogP contribution in [0.5, 0.6) is 0 Å². The maximum atomic E-state index is 6.24. The summed E-state index contributed by atoms with van der Waals surface area (Å²) in [5.41, 5.74) is 3.71. The minimum absolute atomic E-state index is 0.000809. The van der Waals surface area contributed by atoms with E-state index in [4.69, 9.17) is 23.9 Å². The van der Waals surface area contributed by atoms with Crippen molar-refractivity contribution < 1.29 is 13.9 Å². The molecule has 2 aliphatic rings. The van der Waals surface area contributed by atoms with Crippen LogP contribution in [0, 0.1) is 0 Å². The summed E-state index contributed by atoms with van der Waals surface area (Å²) in [7, 11) is 0. The average molecular weight is 434 g/mol. The van der Waals surface area contributed by atoms with E-state index >= 15 is 0 Å². The molecule has 0 bridgehead atoms. The van der Waals surface area contributed by atoms with Crippen LogP contribution in [0.1, 0.15) is 23.2 Å². The molecule has 33 heavy (non-hydrogen) atoms. The van der Waals surface area contributed by atoms with Gasteiger partial charge >= 0.3 is 0 Å². The highest BCUT2D eigenvalue weighted by Crippen LogP contribution is 2.24. The van der Waals surface area contributed by atoms with Gasteiger partial charge in [-0.15, -0.1) is 0 Å². The van der Waals surface area contributed by atoms with E-state index in [-0.39, 0.29) is 12.1 Å². The molecule has 0 saturated heterocycles. The first-order chi connectivity index (χ1) is 16.3. The first-order valence-corrected chi connectivity index (χ1v) is 11.1. The molecule has 2 unspecified atom stereocenters. The van der Waals surface area contributed by atoms with Crippen molar-refractivity contribution in [3.8, 4) is 0 Å². The Kier molecular flexibility index (Phi) is 5.00. The van der Waals surface area contributed by atoms with Gasteiger partial charge in [-0.2, -0.15) is 0 Å². The quantitative estimate of drug-likeness (QED) is 0.480. The van der Waals surface area contributed by atoms with Gasteiger partial charge in [-0.3, -0.25) is 0 Å². The monoisotopic (exact) mass is 434 g/mol. The maximum absolute atomic E-state index is 6.24. The standard InChI is InChI=1S/C28H22N2O3/c1-3-9-19(10-4-1)23-17-31-27(29-23)15-25-21-13-7-8-14-22(21)26(33-25)16-28-30-24(18-32-28)20-11-5-2-6-12-20/h1-16,23-24H,17-18H2. The lowest BCUT2D eigenvalue weighted by molar-refractivity contribution is 0.322. The summed E-state index contributed by atoms with van der Waals surface area (Å²) in [6.07, 6.45) is 3.74. The van der Waals surface area contributed by atoms with Crippen LogP contribution in [0.4, 0.5) is 0 Å². The maximum Gasteiger partial charge on any atom is 0.213 e. The zero-order valence-corrected chi connectivity index (χ0v) is 17.9. The van der Waals surface area contributed by atoms with Gasteiger partial charge in [0.05, 0.1) is 0 Å². The number of aliphatic imine (C=N–C) groups is 2. The molecule has 0 radical (unpaired) electrons. The van der Waals surface area contributed by atoms with Crippen molar-refractivity contribution in [3.05, 3.63) is 107 Å². The van der Waals surface area contributed by atoms with Crippen LogP contribution >= 0.6 is 0 Å². The minimum atomic E-state index is 0.000809.